The van der Waals surface area contributed by atoms with Gasteiger partial charge in [-0.2, -0.15) is 0 Å². The van der Waals surface area contributed by atoms with Gasteiger partial charge < -0.3 is 10.5 Å². The molecule has 1 aromatic heterocycles. The Kier molecular flexibility index (Phi) is 3.44. The number of methoxy groups -OCH3 is 1. The van der Waals surface area contributed by atoms with Crippen molar-refractivity contribution in [1.82, 2.24) is 0 Å². The molecule has 0 bridgehead atoms. The quantitative estimate of drug-likeness (QED) is 0.667. The molecule has 0 radical (unpaired) electrons. The Balaban J connectivity index is 2.19. The molecule has 17 heavy (non-hydrogen) atoms. The third-order valence-electron chi connectivity index (χ3n) is 2.47. The van der Waals surface area contributed by atoms with Gasteiger partial charge in [-0.3, -0.25) is 4.79 Å². The zero-order valence-electron chi connectivity index (χ0n) is 9.47. The lowest BCUT2D eigenvalue weighted by atomic mass is 10.1. The van der Waals surface area contributed by atoms with Gasteiger partial charge in [0.05, 0.1) is 7.11 Å². The first-order valence-corrected chi connectivity index (χ1v) is 6.08. The highest BCUT2D eigenvalue weighted by Gasteiger charge is 2.11. The van der Waals surface area contributed by atoms with Gasteiger partial charge in [0, 0.05) is 28.6 Å². The minimum absolute atomic E-state index is 0.0348. The minimum atomic E-state index is 0.0348. The van der Waals surface area contributed by atoms with E-state index >= 15 is 0 Å². The van der Waals surface area contributed by atoms with Crippen molar-refractivity contribution in [2.24, 2.45) is 0 Å². The van der Waals surface area contributed by atoms with Crippen LogP contribution in [0.3, 0.4) is 0 Å². The molecule has 0 saturated heterocycles. The van der Waals surface area contributed by atoms with Crippen molar-refractivity contribution in [3.8, 4) is 5.75 Å². The van der Waals surface area contributed by atoms with Crippen molar-refractivity contribution >= 4 is 22.8 Å². The summed E-state index contributed by atoms with van der Waals surface area (Å²) in [4.78, 5) is 13.1. The summed E-state index contributed by atoms with van der Waals surface area (Å²) in [6, 6.07) is 9.01. The standard InChI is InChI=1S/C13H13NO2S/c1-16-9-4-5-11(12(14)7-9)13(15)8-10-3-2-6-17-10/h2-7H,8,14H2,1H3. The topological polar surface area (TPSA) is 52.3 Å². The fourth-order valence-electron chi connectivity index (χ4n) is 1.59. The average molecular weight is 247 g/mol. The molecule has 88 valence electrons. The number of anilines is 1. The lowest BCUT2D eigenvalue weighted by Crippen LogP contribution is -2.06. The van der Waals surface area contributed by atoms with Crippen molar-refractivity contribution in [2.45, 2.75) is 6.42 Å². The zero-order valence-corrected chi connectivity index (χ0v) is 10.3. The summed E-state index contributed by atoms with van der Waals surface area (Å²) in [5.41, 5.74) is 6.85. The second kappa shape index (κ2) is 5.01. The van der Waals surface area contributed by atoms with E-state index in [-0.39, 0.29) is 5.78 Å². The zero-order chi connectivity index (χ0) is 12.3. The Morgan fingerprint density at radius 1 is 1.41 bits per heavy atom. The van der Waals surface area contributed by atoms with Crippen molar-refractivity contribution in [2.75, 3.05) is 12.8 Å². The van der Waals surface area contributed by atoms with Gasteiger partial charge in [0.2, 0.25) is 0 Å². The lowest BCUT2D eigenvalue weighted by molar-refractivity contribution is 0.0994. The highest BCUT2D eigenvalue weighted by Crippen LogP contribution is 2.22. The number of benzene rings is 1. The van der Waals surface area contributed by atoms with E-state index in [2.05, 4.69) is 0 Å². The normalized spacial score (nSPS) is 10.2. The second-order valence-corrected chi connectivity index (χ2v) is 4.66. The highest BCUT2D eigenvalue weighted by molar-refractivity contribution is 7.10. The number of rotatable bonds is 4. The largest absolute Gasteiger partial charge is 0.497 e. The van der Waals surface area contributed by atoms with E-state index in [1.165, 1.54) is 0 Å². The molecule has 4 heteroatoms. The maximum Gasteiger partial charge on any atom is 0.170 e. The van der Waals surface area contributed by atoms with Gasteiger partial charge in [0.1, 0.15) is 5.75 Å². The Morgan fingerprint density at radius 3 is 2.82 bits per heavy atom. The fourth-order valence-corrected chi connectivity index (χ4v) is 2.29. The lowest BCUT2D eigenvalue weighted by Gasteiger charge is -2.06. The maximum absolute atomic E-state index is 12.0. The molecule has 0 amide bonds. The van der Waals surface area contributed by atoms with Gasteiger partial charge in [0.25, 0.3) is 0 Å². The van der Waals surface area contributed by atoms with E-state index < -0.39 is 0 Å². The van der Waals surface area contributed by atoms with Gasteiger partial charge in [-0.15, -0.1) is 11.3 Å². The van der Waals surface area contributed by atoms with Crippen LogP contribution in [0.2, 0.25) is 0 Å². The van der Waals surface area contributed by atoms with Crippen LogP contribution in [0, 0.1) is 0 Å². The minimum Gasteiger partial charge on any atom is -0.497 e. The number of Topliss-reactive ketones (excluding diaryl/α,β-unsaturated/α-hetero) is 1. The van der Waals surface area contributed by atoms with Crippen molar-refractivity contribution in [3.63, 3.8) is 0 Å². The molecule has 0 atom stereocenters. The number of ketones is 1. The van der Waals surface area contributed by atoms with Crippen molar-refractivity contribution in [3.05, 3.63) is 46.2 Å². The predicted molar refractivity (Wildman–Crippen MR) is 69.8 cm³/mol. The SMILES string of the molecule is COc1ccc(C(=O)Cc2cccs2)c(N)c1. The molecule has 1 aromatic carbocycles. The number of ether oxygens (including phenoxy) is 1. The third-order valence-corrected chi connectivity index (χ3v) is 3.35. The molecule has 2 rings (SSSR count). The molecule has 2 N–H and O–H groups in total. The molecule has 0 saturated carbocycles. The molecule has 3 nitrogen and oxygen atoms in total. The first-order valence-electron chi connectivity index (χ1n) is 5.20. The fraction of sp³-hybridized carbons (Fsp3) is 0.154. The van der Waals surface area contributed by atoms with E-state index in [4.69, 9.17) is 10.5 Å². The van der Waals surface area contributed by atoms with Gasteiger partial charge >= 0.3 is 0 Å². The maximum atomic E-state index is 12.0. The van der Waals surface area contributed by atoms with Gasteiger partial charge in [0.15, 0.2) is 5.78 Å². The van der Waals surface area contributed by atoms with Gasteiger partial charge in [-0.1, -0.05) is 6.07 Å². The number of nitrogens with two attached hydrogens (primary N) is 1. The Bertz CT molecular complexity index is 520. The molecule has 0 spiro atoms. The van der Waals surface area contributed by atoms with Crippen LogP contribution in [0.15, 0.2) is 35.7 Å². The molecule has 0 fully saturated rings. The number of nitrogen functional groups attached to an aromatic ring is 1. The predicted octanol–water partition coefficient (Wildman–Crippen LogP) is 2.76. The van der Waals surface area contributed by atoms with E-state index in [9.17, 15) is 4.79 Å². The van der Waals surface area contributed by atoms with Crippen molar-refractivity contribution < 1.29 is 9.53 Å². The molecule has 0 aliphatic rings. The molecule has 0 aliphatic heterocycles. The highest BCUT2D eigenvalue weighted by atomic mass is 32.1. The number of carbonyl (C=O) groups excluding carboxylic acids is 1. The van der Waals surface area contributed by atoms with E-state index in [0.717, 1.165) is 4.88 Å². The number of hydrogen-bond acceptors (Lipinski definition) is 4. The third kappa shape index (κ3) is 2.65. The van der Waals surface area contributed by atoms with Crippen LogP contribution in [0.25, 0.3) is 0 Å². The van der Waals surface area contributed by atoms with Crippen LogP contribution < -0.4 is 10.5 Å². The summed E-state index contributed by atoms with van der Waals surface area (Å²) in [5.74, 6) is 0.697. The van der Waals surface area contributed by atoms with Gasteiger partial charge in [-0.25, -0.2) is 0 Å². The summed E-state index contributed by atoms with van der Waals surface area (Å²) < 4.78 is 5.05. The molecule has 0 aliphatic carbocycles. The van der Waals surface area contributed by atoms with Crippen LogP contribution in [0.1, 0.15) is 15.2 Å². The van der Waals surface area contributed by atoms with Crippen LogP contribution in [-0.4, -0.2) is 12.9 Å². The summed E-state index contributed by atoms with van der Waals surface area (Å²) in [6.45, 7) is 0. The Hall–Kier alpha value is -1.81. The second-order valence-electron chi connectivity index (χ2n) is 3.63. The number of thiophene rings is 1. The van der Waals surface area contributed by atoms with Crippen LogP contribution in [0.4, 0.5) is 5.69 Å². The summed E-state index contributed by atoms with van der Waals surface area (Å²) in [6.07, 6.45) is 0.397. The average Bonchev–Trinajstić information content (AvgIpc) is 2.81. The smallest absolute Gasteiger partial charge is 0.170 e. The number of carbonyl (C=O) groups is 1. The van der Waals surface area contributed by atoms with E-state index in [1.54, 1.807) is 36.6 Å². The summed E-state index contributed by atoms with van der Waals surface area (Å²) in [5, 5.41) is 1.96. The van der Waals surface area contributed by atoms with E-state index in [1.807, 2.05) is 17.5 Å². The summed E-state index contributed by atoms with van der Waals surface area (Å²) in [7, 11) is 1.57. The van der Waals surface area contributed by atoms with Crippen molar-refractivity contribution in [1.29, 1.82) is 0 Å². The Morgan fingerprint density at radius 2 is 2.24 bits per heavy atom. The Labute approximate surface area is 104 Å². The first kappa shape index (κ1) is 11.7. The molecule has 0 unspecified atom stereocenters. The molecular formula is C13H13NO2S. The van der Waals surface area contributed by atoms with Gasteiger partial charge in [-0.05, 0) is 23.6 Å². The van der Waals surface area contributed by atoms with E-state index in [0.29, 0.717) is 23.4 Å². The van der Waals surface area contributed by atoms with Crippen LogP contribution in [-0.2, 0) is 6.42 Å². The molecule has 2 aromatic rings. The number of hydrogen-bond donors (Lipinski definition) is 1. The van der Waals surface area contributed by atoms with Crippen LogP contribution >= 0.6 is 11.3 Å². The molecular weight excluding hydrogens is 234 g/mol. The summed E-state index contributed by atoms with van der Waals surface area (Å²) >= 11 is 1.57. The monoisotopic (exact) mass is 247 g/mol. The first-order chi connectivity index (χ1) is 8.20. The van der Waals surface area contributed by atoms with Crippen LogP contribution in [0.5, 0.6) is 5.75 Å². The molecule has 1 heterocycles.